The van der Waals surface area contributed by atoms with Crippen molar-refractivity contribution in [2.75, 3.05) is 20.8 Å². The molecule has 0 bridgehead atoms. The maximum atomic E-state index is 14.3. The fraction of sp³-hybridized carbons (Fsp3) is 0.219. The zero-order valence-electron chi connectivity index (χ0n) is 24.5. The molecule has 3 aromatic carbocycles. The van der Waals surface area contributed by atoms with Gasteiger partial charge in [0, 0.05) is 18.6 Å². The molecule has 0 spiro atoms. The highest BCUT2D eigenvalue weighted by Crippen LogP contribution is 2.41. The number of nitrogens with zero attached hydrogens (tertiary/aromatic N) is 2. The Morgan fingerprint density at radius 3 is 2.47 bits per heavy atom. The van der Waals surface area contributed by atoms with Gasteiger partial charge in [-0.15, -0.1) is 0 Å². The molecule has 4 aromatic rings. The summed E-state index contributed by atoms with van der Waals surface area (Å²) in [5.74, 6) is 1.05. The highest BCUT2D eigenvalue weighted by atomic mass is 127. The molecule has 1 aromatic heterocycles. The Bertz CT molecular complexity index is 2010. The standard InChI is InChI=1S/C32H26BrClI2N2O6S/c1-5-43-31(40)27-16(2)37-32-38(28(27)21-13-24(41-3)25(42-4)14-22(21)33)30(39)26(45-32)11-18-10-20(35)12-23(36)29(18)44-15-17-6-8-19(34)9-7-17/h6-14,28H,5,15H2,1-4H3/b26-11-/t28-/m0/s1. The molecule has 0 unspecified atom stereocenters. The summed E-state index contributed by atoms with van der Waals surface area (Å²) in [7, 11) is 3.07. The smallest absolute Gasteiger partial charge is 0.338 e. The van der Waals surface area contributed by atoms with Crippen molar-refractivity contribution in [1.29, 1.82) is 0 Å². The number of thiazole rings is 1. The van der Waals surface area contributed by atoms with Crippen LogP contribution in [-0.2, 0) is 16.1 Å². The first kappa shape index (κ1) is 33.9. The number of hydrogen-bond acceptors (Lipinski definition) is 8. The second kappa shape index (κ2) is 14.6. The van der Waals surface area contributed by atoms with Gasteiger partial charge in [-0.2, -0.15) is 0 Å². The van der Waals surface area contributed by atoms with E-state index in [1.807, 2.05) is 42.5 Å². The highest BCUT2D eigenvalue weighted by molar-refractivity contribution is 14.1. The lowest BCUT2D eigenvalue weighted by molar-refractivity contribution is -0.139. The van der Waals surface area contributed by atoms with Crippen LogP contribution in [0.2, 0.25) is 5.02 Å². The quantitative estimate of drug-likeness (QED) is 0.133. The number of methoxy groups -OCH3 is 2. The molecule has 1 aliphatic heterocycles. The number of allylic oxidation sites excluding steroid dienone is 1. The Morgan fingerprint density at radius 1 is 1.11 bits per heavy atom. The Balaban J connectivity index is 1.69. The lowest BCUT2D eigenvalue weighted by atomic mass is 9.95. The van der Waals surface area contributed by atoms with Crippen molar-refractivity contribution in [2.45, 2.75) is 26.5 Å². The SMILES string of the molecule is CCOC(=O)C1=C(C)N=c2s/c(=C\c3cc(I)cc(I)c3OCc3ccc(Cl)cc3)c(=O)n2[C@H]1c1cc(OC)c(OC)cc1Br. The van der Waals surface area contributed by atoms with Gasteiger partial charge in [0.05, 0.1) is 46.2 Å². The lowest BCUT2D eigenvalue weighted by Crippen LogP contribution is -2.40. The second-order valence-electron chi connectivity index (χ2n) is 9.75. The van der Waals surface area contributed by atoms with Crippen molar-refractivity contribution in [1.82, 2.24) is 4.57 Å². The van der Waals surface area contributed by atoms with E-state index in [1.54, 1.807) is 33.1 Å². The summed E-state index contributed by atoms with van der Waals surface area (Å²) in [6, 6.07) is 14.1. The first-order valence-corrected chi connectivity index (χ1v) is 17.7. The molecule has 8 nitrogen and oxygen atoms in total. The van der Waals surface area contributed by atoms with Crippen LogP contribution < -0.4 is 29.1 Å². The van der Waals surface area contributed by atoms with Gasteiger partial charge in [0.15, 0.2) is 16.3 Å². The van der Waals surface area contributed by atoms with Gasteiger partial charge in [0.2, 0.25) is 0 Å². The largest absolute Gasteiger partial charge is 0.493 e. The normalized spacial score (nSPS) is 14.6. The maximum Gasteiger partial charge on any atom is 0.338 e. The van der Waals surface area contributed by atoms with Crippen molar-refractivity contribution in [3.63, 3.8) is 0 Å². The summed E-state index contributed by atoms with van der Waals surface area (Å²) in [5.41, 5.74) is 2.74. The van der Waals surface area contributed by atoms with Gasteiger partial charge in [0.1, 0.15) is 12.4 Å². The molecule has 13 heteroatoms. The van der Waals surface area contributed by atoms with Gasteiger partial charge < -0.3 is 18.9 Å². The second-order valence-corrected chi connectivity index (χ2v) is 14.5. The monoisotopic (exact) mass is 934 g/mol. The fourth-order valence-electron chi connectivity index (χ4n) is 4.88. The van der Waals surface area contributed by atoms with Crippen molar-refractivity contribution in [2.24, 2.45) is 4.99 Å². The molecule has 0 saturated carbocycles. The Morgan fingerprint density at radius 2 is 1.80 bits per heavy atom. The number of ether oxygens (including phenoxy) is 4. The number of hydrogen-bond donors (Lipinski definition) is 0. The number of carbonyl (C=O) groups is 1. The van der Waals surface area contributed by atoms with Crippen LogP contribution in [0.3, 0.4) is 0 Å². The highest BCUT2D eigenvalue weighted by Gasteiger charge is 2.35. The van der Waals surface area contributed by atoms with Gasteiger partial charge in [-0.1, -0.05) is 51.0 Å². The predicted octanol–water partition coefficient (Wildman–Crippen LogP) is 7.02. The van der Waals surface area contributed by atoms with Crippen molar-refractivity contribution >= 4 is 96.1 Å². The molecule has 0 radical (unpaired) electrons. The van der Waals surface area contributed by atoms with Gasteiger partial charge in [-0.05, 0) is 113 Å². The number of aromatic nitrogens is 1. The lowest BCUT2D eigenvalue weighted by Gasteiger charge is -2.26. The van der Waals surface area contributed by atoms with Gasteiger partial charge in [0.25, 0.3) is 5.56 Å². The topological polar surface area (TPSA) is 88.4 Å². The Kier molecular flexibility index (Phi) is 11.0. The molecule has 234 valence electrons. The molecule has 0 saturated heterocycles. The van der Waals surface area contributed by atoms with E-state index < -0.39 is 12.0 Å². The van der Waals surface area contributed by atoms with Gasteiger partial charge in [-0.3, -0.25) is 9.36 Å². The third-order valence-electron chi connectivity index (χ3n) is 6.93. The number of carbonyl (C=O) groups excluding carboxylic acids is 1. The van der Waals surface area contributed by atoms with Crippen molar-refractivity contribution in [3.05, 3.63) is 113 Å². The van der Waals surface area contributed by atoms with E-state index in [0.29, 0.717) is 53.9 Å². The van der Waals surface area contributed by atoms with Crippen LogP contribution in [-0.4, -0.2) is 31.4 Å². The average Bonchev–Trinajstić information content (AvgIpc) is 3.30. The molecular weight excluding hydrogens is 910 g/mol. The van der Waals surface area contributed by atoms with E-state index in [1.165, 1.54) is 23.0 Å². The third-order valence-corrected chi connectivity index (χ3v) is 10.3. The van der Waals surface area contributed by atoms with E-state index in [0.717, 1.165) is 18.3 Å². The third kappa shape index (κ3) is 7.14. The maximum absolute atomic E-state index is 14.3. The summed E-state index contributed by atoms with van der Waals surface area (Å²) in [6.45, 7) is 3.98. The van der Waals surface area contributed by atoms with E-state index >= 15 is 0 Å². The zero-order chi connectivity index (χ0) is 32.4. The molecule has 45 heavy (non-hydrogen) atoms. The van der Waals surface area contributed by atoms with E-state index in [9.17, 15) is 9.59 Å². The van der Waals surface area contributed by atoms with Crippen molar-refractivity contribution < 1.29 is 23.7 Å². The Labute approximate surface area is 304 Å². The molecule has 2 heterocycles. The number of halogens is 4. The van der Waals surface area contributed by atoms with Crippen LogP contribution >= 0.6 is 84.0 Å². The summed E-state index contributed by atoms with van der Waals surface area (Å²) in [5, 5.41) is 0.651. The minimum Gasteiger partial charge on any atom is -0.493 e. The van der Waals surface area contributed by atoms with Crippen LogP contribution in [0.25, 0.3) is 6.08 Å². The van der Waals surface area contributed by atoms with Crippen LogP contribution in [0.5, 0.6) is 17.2 Å². The van der Waals surface area contributed by atoms with Crippen LogP contribution in [0.1, 0.15) is 36.6 Å². The minimum absolute atomic E-state index is 0.171. The number of benzene rings is 3. The molecule has 1 aliphatic rings. The van der Waals surface area contributed by atoms with Crippen LogP contribution in [0.15, 0.2) is 74.1 Å². The van der Waals surface area contributed by atoms with E-state index in [2.05, 4.69) is 61.1 Å². The zero-order valence-corrected chi connectivity index (χ0v) is 31.9. The van der Waals surface area contributed by atoms with E-state index in [4.69, 9.17) is 35.5 Å². The predicted molar refractivity (Wildman–Crippen MR) is 195 cm³/mol. The molecule has 5 rings (SSSR count). The van der Waals surface area contributed by atoms with E-state index in [-0.39, 0.29) is 17.7 Å². The Hall–Kier alpha value is -2.40. The summed E-state index contributed by atoms with van der Waals surface area (Å²) in [6.07, 6.45) is 1.81. The molecule has 1 atom stereocenters. The number of esters is 1. The molecule has 0 amide bonds. The first-order valence-electron chi connectivity index (χ1n) is 13.5. The number of fused-ring (bicyclic) bond motifs is 1. The fourth-order valence-corrected chi connectivity index (χ4v) is 8.63. The van der Waals surface area contributed by atoms with Crippen LogP contribution in [0.4, 0.5) is 0 Å². The minimum atomic E-state index is -0.840. The number of rotatable bonds is 9. The average molecular weight is 936 g/mol. The summed E-state index contributed by atoms with van der Waals surface area (Å²) < 4.78 is 27.3. The van der Waals surface area contributed by atoms with Crippen LogP contribution in [0, 0.1) is 7.14 Å². The first-order chi connectivity index (χ1) is 21.6. The molecule has 0 N–H and O–H groups in total. The van der Waals surface area contributed by atoms with Gasteiger partial charge >= 0.3 is 5.97 Å². The molecule has 0 fully saturated rings. The molecular formula is C32H26BrClI2N2O6S. The summed E-state index contributed by atoms with van der Waals surface area (Å²) in [4.78, 5) is 32.8. The molecule has 0 aliphatic carbocycles. The summed E-state index contributed by atoms with van der Waals surface area (Å²) >= 11 is 15.4. The van der Waals surface area contributed by atoms with Crippen molar-refractivity contribution in [3.8, 4) is 17.2 Å². The van der Waals surface area contributed by atoms with Gasteiger partial charge in [-0.25, -0.2) is 9.79 Å².